The first-order valence-electron chi connectivity index (χ1n) is 13.6. The molecule has 1 amide bonds. The molecule has 2 aliphatic rings. The molecule has 0 saturated carbocycles. The summed E-state index contributed by atoms with van der Waals surface area (Å²) in [5, 5.41) is 11.7. The van der Waals surface area contributed by atoms with Crippen LogP contribution >= 0.6 is 8.53 Å². The number of nitriles is 1. The maximum Gasteiger partial charge on any atom is 0.351 e. The lowest BCUT2D eigenvalue weighted by molar-refractivity contribution is -0.175. The second-order valence-corrected chi connectivity index (χ2v) is 11.3. The van der Waals surface area contributed by atoms with Crippen molar-refractivity contribution in [2.75, 3.05) is 18.5 Å². The molecule has 0 aliphatic carbocycles. The number of amides is 1. The molecule has 6 atom stereocenters. The van der Waals surface area contributed by atoms with E-state index in [0.717, 1.165) is 0 Å². The van der Waals surface area contributed by atoms with E-state index in [2.05, 4.69) is 21.0 Å². The first-order valence-corrected chi connectivity index (χ1v) is 14.1. The summed E-state index contributed by atoms with van der Waals surface area (Å²) in [6.07, 6.45) is -1.35. The van der Waals surface area contributed by atoms with Crippen LogP contribution in [0.25, 0.3) is 0 Å². The van der Waals surface area contributed by atoms with Gasteiger partial charge in [0.1, 0.15) is 23.6 Å². The van der Waals surface area contributed by atoms with Gasteiger partial charge >= 0.3 is 5.69 Å². The van der Waals surface area contributed by atoms with E-state index in [0.29, 0.717) is 5.56 Å². The Hall–Kier alpha value is -2.71. The van der Waals surface area contributed by atoms with Crippen LogP contribution in [0, 0.1) is 11.3 Å². The van der Waals surface area contributed by atoms with Gasteiger partial charge in [-0.05, 0) is 52.3 Å². The lowest BCUT2D eigenvalue weighted by atomic mass is 9.96. The average Bonchev–Trinajstić information content (AvgIpc) is 3.42. The molecule has 11 nitrogen and oxygen atoms in total. The summed E-state index contributed by atoms with van der Waals surface area (Å²) in [5.41, 5.74) is -1.35. The van der Waals surface area contributed by atoms with Crippen LogP contribution < -0.4 is 11.0 Å². The molecule has 1 aromatic heterocycles. The largest absolute Gasteiger partial charge is 0.368 e. The molecule has 2 aliphatic heterocycles. The SMILES string of the molecule is [2H][C@H](C)[C@]12CO[C@H]([C@H](n3ccc(NC(=O)c4ccccc4)nc3=O)O1)[C@H]2OP(OCCC#N)N(C(C)C)C(C)C. The molecule has 2 aromatic rings. The number of benzene rings is 1. The molecular formula is C27H36N5O6P. The molecule has 210 valence electrons. The third-order valence-electron chi connectivity index (χ3n) is 6.64. The molecule has 2 fully saturated rings. The van der Waals surface area contributed by atoms with E-state index >= 15 is 0 Å². The monoisotopic (exact) mass is 558 g/mol. The highest BCUT2D eigenvalue weighted by Gasteiger charge is 2.63. The fraction of sp³-hybridized carbons (Fsp3) is 0.556. The highest BCUT2D eigenvalue weighted by molar-refractivity contribution is 7.44. The van der Waals surface area contributed by atoms with Crippen molar-refractivity contribution in [3.05, 3.63) is 58.6 Å². The smallest absolute Gasteiger partial charge is 0.351 e. The number of carbonyl (C=O) groups is 1. The Labute approximate surface area is 231 Å². The molecule has 2 bridgehead atoms. The van der Waals surface area contributed by atoms with Gasteiger partial charge in [-0.15, -0.1) is 0 Å². The van der Waals surface area contributed by atoms with E-state index < -0.39 is 44.6 Å². The van der Waals surface area contributed by atoms with Crippen molar-refractivity contribution >= 4 is 20.3 Å². The summed E-state index contributed by atoms with van der Waals surface area (Å²) in [6.45, 7) is 10.2. The number of nitrogens with one attached hydrogen (secondary N) is 1. The van der Waals surface area contributed by atoms with Crippen molar-refractivity contribution in [3.63, 3.8) is 0 Å². The normalized spacial score (nSPS) is 26.0. The van der Waals surface area contributed by atoms with Crippen LogP contribution in [-0.4, -0.2) is 63.2 Å². The topological polar surface area (TPSA) is 128 Å². The van der Waals surface area contributed by atoms with E-state index in [9.17, 15) is 9.59 Å². The van der Waals surface area contributed by atoms with Gasteiger partial charge in [0.2, 0.25) is 0 Å². The highest BCUT2D eigenvalue weighted by atomic mass is 31.2. The molecule has 1 unspecified atom stereocenters. The number of fused-ring (bicyclic) bond motifs is 2. The van der Waals surface area contributed by atoms with Gasteiger partial charge in [0.25, 0.3) is 14.4 Å². The standard InChI is InChI=1S/C27H36N5O6P/c1-6-27-17-35-22(23(27)38-39(36-16-10-14-28)32(18(2)3)19(4)5)25(37-27)31-15-13-21(30-26(31)34)29-24(33)20-11-8-7-9-12-20/h7-9,11-13,15,18-19,22-23,25H,6,10,16-17H2,1-5H3,(H,29,30,33,34)/t22-,23+,25+,27+,39?/m0/s1/i6D/t6-,22+,23-,25-,27-,39?/m1. The van der Waals surface area contributed by atoms with Crippen molar-refractivity contribution in [1.82, 2.24) is 14.2 Å². The maximum atomic E-state index is 13.1. The molecule has 3 heterocycles. The number of ether oxygens (including phenoxy) is 2. The highest BCUT2D eigenvalue weighted by Crippen LogP contribution is 2.55. The summed E-state index contributed by atoms with van der Waals surface area (Å²) < 4.78 is 37.2. The fourth-order valence-electron chi connectivity index (χ4n) is 4.82. The summed E-state index contributed by atoms with van der Waals surface area (Å²) >= 11 is 0. The van der Waals surface area contributed by atoms with Crippen LogP contribution in [0.4, 0.5) is 5.82 Å². The third kappa shape index (κ3) is 6.22. The average molecular weight is 559 g/mol. The van der Waals surface area contributed by atoms with Gasteiger partial charge in [0.15, 0.2) is 6.23 Å². The van der Waals surface area contributed by atoms with Gasteiger partial charge in [-0.1, -0.05) is 25.1 Å². The van der Waals surface area contributed by atoms with E-state index in [-0.39, 0.29) is 43.4 Å². The number of hydrogen-bond donors (Lipinski definition) is 1. The fourth-order valence-corrected chi connectivity index (χ4v) is 6.62. The maximum absolute atomic E-state index is 13.1. The van der Waals surface area contributed by atoms with Crippen LogP contribution in [0.2, 0.25) is 0 Å². The molecule has 39 heavy (non-hydrogen) atoms. The minimum Gasteiger partial charge on any atom is -0.368 e. The van der Waals surface area contributed by atoms with Crippen LogP contribution in [0.1, 0.15) is 65.4 Å². The molecule has 2 saturated heterocycles. The predicted octanol–water partition coefficient (Wildman–Crippen LogP) is 4.23. The molecule has 4 rings (SSSR count). The number of carbonyl (C=O) groups excluding carboxylic acids is 1. The van der Waals surface area contributed by atoms with Crippen molar-refractivity contribution in [1.29, 1.82) is 5.26 Å². The molecule has 1 aromatic carbocycles. The van der Waals surface area contributed by atoms with Crippen molar-refractivity contribution in [2.45, 2.75) is 83.6 Å². The number of anilines is 1. The van der Waals surface area contributed by atoms with Crippen LogP contribution in [0.5, 0.6) is 0 Å². The Morgan fingerprint density at radius 1 is 1.33 bits per heavy atom. The number of nitrogens with zero attached hydrogens (tertiary/aromatic N) is 4. The van der Waals surface area contributed by atoms with Crippen LogP contribution in [0.15, 0.2) is 47.4 Å². The molecular weight excluding hydrogens is 521 g/mol. The Morgan fingerprint density at radius 2 is 2.05 bits per heavy atom. The van der Waals surface area contributed by atoms with E-state index in [1.807, 2.05) is 27.7 Å². The number of aromatic nitrogens is 2. The van der Waals surface area contributed by atoms with Gasteiger partial charge < -0.3 is 23.8 Å². The lowest BCUT2D eigenvalue weighted by Crippen LogP contribution is -2.42. The van der Waals surface area contributed by atoms with Crippen LogP contribution in [0.3, 0.4) is 0 Å². The van der Waals surface area contributed by atoms with E-state index in [4.69, 9.17) is 25.2 Å². The minimum atomic E-state index is -1.64. The second-order valence-electron chi connectivity index (χ2n) is 9.92. The zero-order chi connectivity index (χ0) is 29.0. The van der Waals surface area contributed by atoms with Crippen LogP contribution in [-0.2, 0) is 18.5 Å². The zero-order valence-corrected chi connectivity index (χ0v) is 23.7. The quantitative estimate of drug-likeness (QED) is 0.301. The van der Waals surface area contributed by atoms with Gasteiger partial charge in [-0.2, -0.15) is 10.2 Å². The Kier molecular flexibility index (Phi) is 9.03. The summed E-state index contributed by atoms with van der Waals surface area (Å²) in [5.74, 6) is -0.278. The third-order valence-corrected chi connectivity index (χ3v) is 8.75. The Bertz CT molecular complexity index is 1260. The van der Waals surface area contributed by atoms with Gasteiger partial charge in [0, 0.05) is 25.2 Å². The lowest BCUT2D eigenvalue weighted by Gasteiger charge is -2.38. The van der Waals surface area contributed by atoms with E-state index in [1.54, 1.807) is 37.3 Å². The summed E-state index contributed by atoms with van der Waals surface area (Å²) in [7, 11) is -1.64. The van der Waals surface area contributed by atoms with Gasteiger partial charge in [-0.25, -0.2) is 9.46 Å². The zero-order valence-electron chi connectivity index (χ0n) is 23.8. The second kappa shape index (κ2) is 12.6. The predicted molar refractivity (Wildman–Crippen MR) is 146 cm³/mol. The number of rotatable bonds is 12. The minimum absolute atomic E-state index is 0.0831. The molecule has 0 radical (unpaired) electrons. The molecule has 12 heteroatoms. The van der Waals surface area contributed by atoms with Gasteiger partial charge in [-0.3, -0.25) is 9.36 Å². The van der Waals surface area contributed by atoms with Crippen molar-refractivity contribution < 1.29 is 24.7 Å². The molecule has 1 N–H and O–H groups in total. The van der Waals surface area contributed by atoms with Crippen molar-refractivity contribution in [2.24, 2.45) is 0 Å². The van der Waals surface area contributed by atoms with Gasteiger partial charge in [0.05, 0.1) is 25.7 Å². The molecule has 0 spiro atoms. The summed E-state index contributed by atoms with van der Waals surface area (Å²) in [4.78, 5) is 29.6. The number of hydrogen-bond acceptors (Lipinski definition) is 9. The van der Waals surface area contributed by atoms with E-state index in [1.165, 1.54) is 16.8 Å². The first-order chi connectivity index (χ1) is 19.1. The Balaban J connectivity index is 1.59. The Morgan fingerprint density at radius 3 is 2.67 bits per heavy atom. The first kappa shape index (κ1) is 27.8. The summed E-state index contributed by atoms with van der Waals surface area (Å²) in [6, 6.07) is 12.4. The van der Waals surface area contributed by atoms with Crippen molar-refractivity contribution in [3.8, 4) is 6.07 Å².